The van der Waals surface area contributed by atoms with Crippen molar-refractivity contribution in [3.8, 4) is 0 Å². The minimum Gasteiger partial charge on any atom is -0.396 e. The average Bonchev–Trinajstić information content (AvgIpc) is 2.86. The van der Waals surface area contributed by atoms with Gasteiger partial charge in [-0.3, -0.25) is 4.90 Å². The highest BCUT2D eigenvalue weighted by Gasteiger charge is 2.29. The highest BCUT2D eigenvalue weighted by molar-refractivity contribution is 5.14. The predicted molar refractivity (Wildman–Crippen MR) is 88.2 cm³/mol. The van der Waals surface area contributed by atoms with Gasteiger partial charge in [0.05, 0.1) is 0 Å². The molecule has 1 aliphatic rings. The first kappa shape index (κ1) is 16.5. The molecule has 0 aliphatic carbocycles. The van der Waals surface area contributed by atoms with Crippen molar-refractivity contribution in [1.82, 2.24) is 10.2 Å². The summed E-state index contributed by atoms with van der Waals surface area (Å²) in [6.07, 6.45) is 2.03. The molecule has 1 heterocycles. The number of aliphatic hydroxyl groups excluding tert-OH is 1. The number of hydrogen-bond donors (Lipinski definition) is 2. The van der Waals surface area contributed by atoms with E-state index in [1.165, 1.54) is 12.0 Å². The molecule has 0 spiro atoms. The zero-order valence-corrected chi connectivity index (χ0v) is 13.7. The molecule has 0 amide bonds. The lowest BCUT2D eigenvalue weighted by atomic mass is 9.84. The van der Waals surface area contributed by atoms with Gasteiger partial charge in [0, 0.05) is 38.3 Å². The normalized spacial score (nSPS) is 21.6. The minimum absolute atomic E-state index is 0.190. The van der Waals surface area contributed by atoms with Crippen molar-refractivity contribution in [2.24, 2.45) is 5.41 Å². The maximum absolute atomic E-state index is 9.27. The molecular formula is C18H30N2O. The van der Waals surface area contributed by atoms with Crippen molar-refractivity contribution in [2.75, 3.05) is 19.7 Å². The summed E-state index contributed by atoms with van der Waals surface area (Å²) in [5.41, 5.74) is 1.58. The molecule has 1 aliphatic heterocycles. The Labute approximate surface area is 129 Å². The molecule has 0 saturated carbocycles. The van der Waals surface area contributed by atoms with Crippen LogP contribution < -0.4 is 5.32 Å². The fourth-order valence-electron chi connectivity index (χ4n) is 3.13. The van der Waals surface area contributed by atoms with Crippen LogP contribution in [0.3, 0.4) is 0 Å². The summed E-state index contributed by atoms with van der Waals surface area (Å²) in [6.45, 7) is 10.3. The molecule has 118 valence electrons. The van der Waals surface area contributed by atoms with E-state index in [0.29, 0.717) is 12.1 Å². The molecule has 0 bridgehead atoms. The Morgan fingerprint density at radius 1 is 1.29 bits per heavy atom. The summed E-state index contributed by atoms with van der Waals surface area (Å²) >= 11 is 0. The molecule has 1 saturated heterocycles. The lowest BCUT2D eigenvalue weighted by Gasteiger charge is -2.33. The highest BCUT2D eigenvalue weighted by atomic mass is 16.3. The van der Waals surface area contributed by atoms with Gasteiger partial charge in [0.2, 0.25) is 0 Å². The van der Waals surface area contributed by atoms with Crippen molar-refractivity contribution in [3.63, 3.8) is 0 Å². The molecule has 2 N–H and O–H groups in total. The lowest BCUT2D eigenvalue weighted by molar-refractivity contribution is 0.184. The number of rotatable bonds is 6. The third-order valence-corrected chi connectivity index (χ3v) is 4.42. The zero-order chi connectivity index (χ0) is 15.3. The van der Waals surface area contributed by atoms with Gasteiger partial charge in [-0.05, 0) is 23.8 Å². The maximum Gasteiger partial charge on any atom is 0.0446 e. The van der Waals surface area contributed by atoms with Crippen molar-refractivity contribution in [1.29, 1.82) is 0 Å². The fraction of sp³-hybridized carbons (Fsp3) is 0.667. The number of aliphatic hydroxyl groups is 1. The van der Waals surface area contributed by atoms with Gasteiger partial charge in [-0.1, -0.05) is 51.1 Å². The molecular weight excluding hydrogens is 260 g/mol. The van der Waals surface area contributed by atoms with Gasteiger partial charge in [-0.25, -0.2) is 0 Å². The van der Waals surface area contributed by atoms with E-state index in [0.717, 1.165) is 26.1 Å². The van der Waals surface area contributed by atoms with Gasteiger partial charge in [0.15, 0.2) is 0 Å². The number of likely N-dealkylation sites (tertiary alicyclic amines) is 1. The third-order valence-electron chi connectivity index (χ3n) is 4.42. The van der Waals surface area contributed by atoms with Crippen LogP contribution in [0.5, 0.6) is 0 Å². The molecule has 1 aromatic rings. The standard InChI is InChI=1S/C18H30N2O/c1-18(2,3)17(10-12-21)19-16-9-11-20(14-16)13-15-7-5-4-6-8-15/h4-8,16-17,19,21H,9-14H2,1-3H3. The van der Waals surface area contributed by atoms with Crippen molar-refractivity contribution >= 4 is 0 Å². The molecule has 2 atom stereocenters. The molecule has 0 radical (unpaired) electrons. The maximum atomic E-state index is 9.27. The Hall–Kier alpha value is -0.900. The van der Waals surface area contributed by atoms with E-state index in [4.69, 9.17) is 0 Å². The third kappa shape index (κ3) is 5.10. The molecule has 3 nitrogen and oxygen atoms in total. The topological polar surface area (TPSA) is 35.5 Å². The van der Waals surface area contributed by atoms with Crippen LogP contribution in [0.2, 0.25) is 0 Å². The summed E-state index contributed by atoms with van der Waals surface area (Å²) in [5, 5.41) is 13.0. The van der Waals surface area contributed by atoms with Crippen LogP contribution >= 0.6 is 0 Å². The van der Waals surface area contributed by atoms with Gasteiger partial charge in [0.25, 0.3) is 0 Å². The van der Waals surface area contributed by atoms with E-state index < -0.39 is 0 Å². The summed E-state index contributed by atoms with van der Waals surface area (Å²) < 4.78 is 0. The van der Waals surface area contributed by atoms with Gasteiger partial charge in [0.1, 0.15) is 0 Å². The monoisotopic (exact) mass is 290 g/mol. The predicted octanol–water partition coefficient (Wildman–Crippen LogP) is 2.65. The molecule has 2 rings (SSSR count). The van der Waals surface area contributed by atoms with E-state index in [2.05, 4.69) is 61.3 Å². The van der Waals surface area contributed by atoms with Crippen LogP contribution in [-0.2, 0) is 6.54 Å². The molecule has 2 unspecified atom stereocenters. The number of nitrogens with zero attached hydrogens (tertiary/aromatic N) is 1. The number of nitrogens with one attached hydrogen (secondary N) is 1. The SMILES string of the molecule is CC(C)(C)C(CCO)NC1CCN(Cc2ccccc2)C1. The van der Waals surface area contributed by atoms with E-state index >= 15 is 0 Å². The van der Waals surface area contributed by atoms with Crippen molar-refractivity contribution in [2.45, 2.75) is 52.2 Å². The van der Waals surface area contributed by atoms with Crippen LogP contribution in [0.4, 0.5) is 0 Å². The van der Waals surface area contributed by atoms with Crippen molar-refractivity contribution < 1.29 is 5.11 Å². The second kappa shape index (κ2) is 7.39. The van der Waals surface area contributed by atoms with Gasteiger partial charge < -0.3 is 10.4 Å². The van der Waals surface area contributed by atoms with E-state index in [9.17, 15) is 5.11 Å². The smallest absolute Gasteiger partial charge is 0.0446 e. The summed E-state index contributed by atoms with van der Waals surface area (Å²) in [6, 6.07) is 11.6. The molecule has 1 aromatic carbocycles. The minimum atomic E-state index is 0.190. The molecule has 1 fully saturated rings. The Bertz CT molecular complexity index is 413. The van der Waals surface area contributed by atoms with Gasteiger partial charge in [-0.2, -0.15) is 0 Å². The van der Waals surface area contributed by atoms with Crippen LogP contribution in [0.1, 0.15) is 39.2 Å². The van der Waals surface area contributed by atoms with E-state index in [-0.39, 0.29) is 12.0 Å². The van der Waals surface area contributed by atoms with E-state index in [1.54, 1.807) is 0 Å². The van der Waals surface area contributed by atoms with Crippen LogP contribution in [0.25, 0.3) is 0 Å². The summed E-state index contributed by atoms with van der Waals surface area (Å²) in [7, 11) is 0. The quantitative estimate of drug-likeness (QED) is 0.845. The Kier molecular flexibility index (Phi) is 5.80. The second-order valence-electron chi connectivity index (χ2n) is 7.30. The van der Waals surface area contributed by atoms with Crippen LogP contribution in [0, 0.1) is 5.41 Å². The Morgan fingerprint density at radius 3 is 2.62 bits per heavy atom. The van der Waals surface area contributed by atoms with Crippen LogP contribution in [-0.4, -0.2) is 41.8 Å². The highest BCUT2D eigenvalue weighted by Crippen LogP contribution is 2.24. The Balaban J connectivity index is 1.84. The number of hydrogen-bond acceptors (Lipinski definition) is 3. The fourth-order valence-corrected chi connectivity index (χ4v) is 3.13. The van der Waals surface area contributed by atoms with Crippen LogP contribution in [0.15, 0.2) is 30.3 Å². The Morgan fingerprint density at radius 2 is 2.00 bits per heavy atom. The number of benzene rings is 1. The first-order chi connectivity index (χ1) is 9.99. The molecule has 21 heavy (non-hydrogen) atoms. The van der Waals surface area contributed by atoms with Gasteiger partial charge >= 0.3 is 0 Å². The van der Waals surface area contributed by atoms with E-state index in [1.807, 2.05) is 0 Å². The first-order valence-electron chi connectivity index (χ1n) is 8.12. The first-order valence-corrected chi connectivity index (χ1v) is 8.12. The summed E-state index contributed by atoms with van der Waals surface area (Å²) in [5.74, 6) is 0. The zero-order valence-electron chi connectivity index (χ0n) is 13.7. The largest absolute Gasteiger partial charge is 0.396 e. The second-order valence-corrected chi connectivity index (χ2v) is 7.30. The molecule has 3 heteroatoms. The lowest BCUT2D eigenvalue weighted by Crippen LogP contribution is -2.47. The average molecular weight is 290 g/mol. The summed E-state index contributed by atoms with van der Waals surface area (Å²) in [4.78, 5) is 2.52. The van der Waals surface area contributed by atoms with Gasteiger partial charge in [-0.15, -0.1) is 0 Å². The van der Waals surface area contributed by atoms with Crippen molar-refractivity contribution in [3.05, 3.63) is 35.9 Å². The molecule has 0 aromatic heterocycles.